The second kappa shape index (κ2) is 7.11. The molecule has 2 aliphatic rings. The monoisotopic (exact) mass is 357 g/mol. The molecule has 1 atom stereocenters. The van der Waals surface area contributed by atoms with Crippen molar-refractivity contribution in [3.05, 3.63) is 36.0 Å². The first kappa shape index (κ1) is 17.1. The van der Waals surface area contributed by atoms with Crippen LogP contribution in [0.2, 0.25) is 0 Å². The lowest BCUT2D eigenvalue weighted by atomic mass is 9.78. The van der Waals surface area contributed by atoms with E-state index in [2.05, 4.69) is 20.1 Å². The first-order valence-electron chi connectivity index (χ1n) is 9.12. The number of carbonyl (C=O) groups is 1. The Morgan fingerprint density at radius 1 is 1.35 bits per heavy atom. The van der Waals surface area contributed by atoms with Gasteiger partial charge in [0.25, 0.3) is 5.91 Å². The maximum absolute atomic E-state index is 12.5. The lowest BCUT2D eigenvalue weighted by Crippen LogP contribution is -2.51. The van der Waals surface area contributed by atoms with E-state index in [0.29, 0.717) is 30.6 Å². The van der Waals surface area contributed by atoms with E-state index in [1.165, 1.54) is 6.20 Å². The molecular weight excluding hydrogens is 334 g/mol. The largest absolute Gasteiger partial charge is 0.375 e. The van der Waals surface area contributed by atoms with E-state index in [1.54, 1.807) is 12.4 Å². The van der Waals surface area contributed by atoms with Gasteiger partial charge in [-0.3, -0.25) is 9.78 Å². The van der Waals surface area contributed by atoms with Gasteiger partial charge in [-0.1, -0.05) is 5.16 Å². The van der Waals surface area contributed by atoms with Crippen LogP contribution in [-0.4, -0.2) is 56.2 Å². The molecule has 1 unspecified atom stereocenters. The summed E-state index contributed by atoms with van der Waals surface area (Å²) < 4.78 is 11.3. The Hall–Kier alpha value is -2.35. The summed E-state index contributed by atoms with van der Waals surface area (Å²) >= 11 is 0. The molecule has 1 spiro atoms. The average Bonchev–Trinajstić information content (AvgIpc) is 3.07. The molecule has 0 bridgehead atoms. The van der Waals surface area contributed by atoms with Crippen molar-refractivity contribution >= 4 is 5.91 Å². The molecule has 2 aromatic heterocycles. The molecule has 8 nitrogen and oxygen atoms in total. The summed E-state index contributed by atoms with van der Waals surface area (Å²) in [6.45, 7) is 3.93. The van der Waals surface area contributed by atoms with Gasteiger partial charge in [0.15, 0.2) is 5.82 Å². The van der Waals surface area contributed by atoms with Crippen LogP contribution < -0.4 is 0 Å². The number of aryl methyl sites for hydroxylation is 1. The quantitative estimate of drug-likeness (QED) is 0.827. The van der Waals surface area contributed by atoms with Gasteiger partial charge in [0.05, 0.1) is 11.8 Å². The van der Waals surface area contributed by atoms with Gasteiger partial charge in [0, 0.05) is 45.4 Å². The van der Waals surface area contributed by atoms with Gasteiger partial charge in [0.1, 0.15) is 5.69 Å². The van der Waals surface area contributed by atoms with Gasteiger partial charge in [-0.15, -0.1) is 0 Å². The summed E-state index contributed by atoms with van der Waals surface area (Å²) in [4.78, 5) is 26.8. The van der Waals surface area contributed by atoms with Crippen molar-refractivity contribution in [1.82, 2.24) is 25.0 Å². The van der Waals surface area contributed by atoms with Crippen molar-refractivity contribution in [3.63, 3.8) is 0 Å². The summed E-state index contributed by atoms with van der Waals surface area (Å²) in [6.07, 6.45) is 9.15. The summed E-state index contributed by atoms with van der Waals surface area (Å²) in [5, 5.41) is 4.02. The predicted octanol–water partition coefficient (Wildman–Crippen LogP) is 1.81. The Morgan fingerprint density at radius 2 is 2.19 bits per heavy atom. The minimum atomic E-state index is -0.138. The fourth-order valence-electron chi connectivity index (χ4n) is 4.02. The third-order valence-corrected chi connectivity index (χ3v) is 5.38. The van der Waals surface area contributed by atoms with Crippen molar-refractivity contribution < 1.29 is 14.1 Å². The lowest BCUT2D eigenvalue weighted by molar-refractivity contribution is -0.123. The topological polar surface area (TPSA) is 94.2 Å². The predicted molar refractivity (Wildman–Crippen MR) is 91.3 cm³/mol. The maximum atomic E-state index is 12.5. The zero-order valence-corrected chi connectivity index (χ0v) is 14.9. The number of piperidine rings is 1. The van der Waals surface area contributed by atoms with E-state index < -0.39 is 0 Å². The number of amides is 1. The Labute approximate surface area is 152 Å². The molecule has 1 amide bonds. The number of likely N-dealkylation sites (tertiary alicyclic amines) is 1. The number of hydrogen-bond acceptors (Lipinski definition) is 7. The van der Waals surface area contributed by atoms with Gasteiger partial charge in [-0.2, -0.15) is 4.98 Å². The van der Waals surface area contributed by atoms with E-state index in [0.717, 1.165) is 44.5 Å². The average molecular weight is 357 g/mol. The second-order valence-electron chi connectivity index (χ2n) is 7.21. The van der Waals surface area contributed by atoms with E-state index in [-0.39, 0.29) is 11.5 Å². The van der Waals surface area contributed by atoms with Crippen molar-refractivity contribution in [1.29, 1.82) is 0 Å². The molecule has 0 aliphatic carbocycles. The number of nitrogens with zero attached hydrogens (tertiary/aromatic N) is 5. The molecule has 2 aromatic rings. The van der Waals surface area contributed by atoms with Crippen LogP contribution in [0, 0.1) is 12.8 Å². The van der Waals surface area contributed by atoms with Crippen LogP contribution in [-0.2, 0) is 11.2 Å². The molecular formula is C18H23N5O3. The molecule has 138 valence electrons. The van der Waals surface area contributed by atoms with Crippen molar-refractivity contribution in [2.24, 2.45) is 5.92 Å². The van der Waals surface area contributed by atoms with Crippen LogP contribution in [0.4, 0.5) is 0 Å². The first-order valence-corrected chi connectivity index (χ1v) is 9.12. The lowest BCUT2D eigenvalue weighted by Gasteiger charge is -2.46. The molecule has 4 heterocycles. The van der Waals surface area contributed by atoms with Gasteiger partial charge in [-0.05, 0) is 31.6 Å². The highest BCUT2D eigenvalue weighted by atomic mass is 16.5. The highest BCUT2D eigenvalue weighted by Crippen LogP contribution is 2.38. The molecule has 4 rings (SSSR count). The standard InChI is InChI=1S/C18H23N5O3/c1-13-21-16(22-26-13)10-14-2-9-25-18(11-14)3-7-23(8-4-18)17(24)15-12-19-5-6-20-15/h5-6,12,14H,2-4,7-11H2,1H3. The summed E-state index contributed by atoms with van der Waals surface area (Å²) in [5.41, 5.74) is 0.263. The Morgan fingerprint density at radius 3 is 2.88 bits per heavy atom. The number of aromatic nitrogens is 4. The fourth-order valence-corrected chi connectivity index (χ4v) is 4.02. The summed E-state index contributed by atoms with van der Waals surface area (Å²) in [7, 11) is 0. The molecule has 0 aromatic carbocycles. The normalized spacial score (nSPS) is 22.5. The Bertz CT molecular complexity index is 755. The SMILES string of the molecule is Cc1nc(CC2CCOC3(CCN(C(=O)c4cnccn4)CC3)C2)no1. The highest BCUT2D eigenvalue weighted by molar-refractivity contribution is 5.92. The van der Waals surface area contributed by atoms with Crippen LogP contribution in [0.1, 0.15) is 47.9 Å². The van der Waals surface area contributed by atoms with Crippen LogP contribution in [0.5, 0.6) is 0 Å². The van der Waals surface area contributed by atoms with Gasteiger partial charge >= 0.3 is 0 Å². The van der Waals surface area contributed by atoms with E-state index in [9.17, 15) is 4.79 Å². The first-order chi connectivity index (χ1) is 12.6. The number of carbonyl (C=O) groups excluding carboxylic acids is 1. The third kappa shape index (κ3) is 3.60. The van der Waals surface area contributed by atoms with E-state index in [1.807, 2.05) is 11.8 Å². The van der Waals surface area contributed by atoms with Crippen LogP contribution >= 0.6 is 0 Å². The van der Waals surface area contributed by atoms with Crippen LogP contribution in [0.25, 0.3) is 0 Å². The number of ether oxygens (including phenoxy) is 1. The van der Waals surface area contributed by atoms with Crippen LogP contribution in [0.3, 0.4) is 0 Å². The zero-order valence-electron chi connectivity index (χ0n) is 14.9. The molecule has 0 N–H and O–H groups in total. The van der Waals surface area contributed by atoms with Gasteiger partial charge in [-0.25, -0.2) is 4.98 Å². The van der Waals surface area contributed by atoms with Crippen molar-refractivity contribution in [2.45, 2.75) is 44.6 Å². The zero-order chi connectivity index (χ0) is 18.0. The molecule has 0 saturated carbocycles. The van der Waals surface area contributed by atoms with E-state index in [4.69, 9.17) is 9.26 Å². The summed E-state index contributed by atoms with van der Waals surface area (Å²) in [5.74, 6) is 1.82. The van der Waals surface area contributed by atoms with Gasteiger partial charge < -0.3 is 14.2 Å². The summed E-state index contributed by atoms with van der Waals surface area (Å²) in [6, 6.07) is 0. The highest BCUT2D eigenvalue weighted by Gasteiger charge is 2.41. The second-order valence-corrected chi connectivity index (χ2v) is 7.21. The Kier molecular flexibility index (Phi) is 4.67. The minimum absolute atomic E-state index is 0.0532. The molecule has 2 aliphatic heterocycles. The van der Waals surface area contributed by atoms with Crippen molar-refractivity contribution in [2.75, 3.05) is 19.7 Å². The smallest absolute Gasteiger partial charge is 0.274 e. The maximum Gasteiger partial charge on any atom is 0.274 e. The van der Waals surface area contributed by atoms with Gasteiger partial charge in [0.2, 0.25) is 5.89 Å². The minimum Gasteiger partial charge on any atom is -0.375 e. The molecule has 2 saturated heterocycles. The fraction of sp³-hybridized carbons (Fsp3) is 0.611. The van der Waals surface area contributed by atoms with E-state index >= 15 is 0 Å². The van der Waals surface area contributed by atoms with Crippen molar-refractivity contribution in [3.8, 4) is 0 Å². The third-order valence-electron chi connectivity index (χ3n) is 5.38. The molecule has 2 fully saturated rings. The number of rotatable bonds is 3. The number of hydrogen-bond donors (Lipinski definition) is 0. The Balaban J connectivity index is 1.36. The van der Waals surface area contributed by atoms with Crippen LogP contribution in [0.15, 0.2) is 23.1 Å². The molecule has 0 radical (unpaired) electrons. The molecule has 8 heteroatoms. The molecule has 26 heavy (non-hydrogen) atoms.